The first-order valence-corrected chi connectivity index (χ1v) is 20.2. The summed E-state index contributed by atoms with van der Waals surface area (Å²) in [6, 6.07) is 75.1. The minimum atomic E-state index is 0.895. The van der Waals surface area contributed by atoms with Crippen LogP contribution < -0.4 is 0 Å². The number of fused-ring (bicyclic) bond motifs is 12. The Balaban J connectivity index is 1.02. The van der Waals surface area contributed by atoms with Gasteiger partial charge in [-0.25, -0.2) is 0 Å². The molecule has 0 aliphatic heterocycles. The van der Waals surface area contributed by atoms with Crippen molar-refractivity contribution < 1.29 is 4.42 Å². The molecule has 3 nitrogen and oxygen atoms in total. The van der Waals surface area contributed by atoms with Crippen LogP contribution in [0.25, 0.3) is 121 Å². The second-order valence-corrected chi connectivity index (χ2v) is 15.7. The fraction of sp³-hybridized carbons (Fsp3) is 0. The molecule has 10 aromatic carbocycles. The topological polar surface area (TPSA) is 23.0 Å². The van der Waals surface area contributed by atoms with Crippen molar-refractivity contribution in [1.82, 2.24) is 9.13 Å². The molecule has 0 bridgehead atoms. The third-order valence-electron chi connectivity index (χ3n) is 12.5. The monoisotopic (exact) mass is 750 g/mol. The summed E-state index contributed by atoms with van der Waals surface area (Å²) in [6.45, 7) is 0. The molecule has 0 saturated heterocycles. The van der Waals surface area contributed by atoms with E-state index in [4.69, 9.17) is 4.42 Å². The van der Waals surface area contributed by atoms with Gasteiger partial charge in [0.15, 0.2) is 0 Å². The molecule has 59 heavy (non-hydrogen) atoms. The standard InChI is InChI=1S/C56H34N2O/c1-2-11-35(12-3-1)38-22-21-36-23-27-42(32-41(36)31-38)57-50-29-25-40(34-48(50)45-28-24-37-13-4-5-14-43(37)56(45)57)39-26-30-51-47(33-39)44-15-6-8-17-49(44)58(51)52-18-10-20-54-55(52)46-16-7-9-19-53(46)59-54/h1-34H. The van der Waals surface area contributed by atoms with Gasteiger partial charge >= 0.3 is 0 Å². The van der Waals surface area contributed by atoms with Crippen LogP contribution in [0.1, 0.15) is 0 Å². The average Bonchev–Trinajstić information content (AvgIpc) is 3.96. The van der Waals surface area contributed by atoms with Crippen molar-refractivity contribution in [2.75, 3.05) is 0 Å². The molecule has 0 aliphatic rings. The van der Waals surface area contributed by atoms with E-state index in [1.54, 1.807) is 0 Å². The predicted molar refractivity (Wildman–Crippen MR) is 248 cm³/mol. The Kier molecular flexibility index (Phi) is 6.72. The maximum Gasteiger partial charge on any atom is 0.137 e. The smallest absolute Gasteiger partial charge is 0.137 e. The van der Waals surface area contributed by atoms with Gasteiger partial charge < -0.3 is 13.6 Å². The maximum absolute atomic E-state index is 6.34. The van der Waals surface area contributed by atoms with Gasteiger partial charge in [0.2, 0.25) is 0 Å². The first kappa shape index (κ1) is 32.2. The number of hydrogen-bond donors (Lipinski definition) is 0. The molecule has 0 N–H and O–H groups in total. The van der Waals surface area contributed by atoms with Crippen LogP contribution in [-0.4, -0.2) is 9.13 Å². The Hall–Kier alpha value is -7.88. The first-order valence-electron chi connectivity index (χ1n) is 20.2. The molecule has 0 amide bonds. The van der Waals surface area contributed by atoms with Crippen molar-refractivity contribution in [2.24, 2.45) is 0 Å². The Morgan fingerprint density at radius 1 is 0.305 bits per heavy atom. The molecule has 3 heteroatoms. The predicted octanol–water partition coefficient (Wildman–Crippen LogP) is 15.4. The SMILES string of the molecule is c1ccc(-c2ccc3ccc(-n4c5ccc(-c6ccc7c(c6)c6ccccc6n7-c6cccc7oc8ccccc8c67)cc5c5ccc6ccccc6c54)cc3c2)cc1. The lowest BCUT2D eigenvalue weighted by molar-refractivity contribution is 0.669. The minimum Gasteiger partial charge on any atom is -0.456 e. The lowest BCUT2D eigenvalue weighted by atomic mass is 10.00. The van der Waals surface area contributed by atoms with E-state index in [2.05, 4.69) is 209 Å². The van der Waals surface area contributed by atoms with Crippen molar-refractivity contribution >= 4 is 87.1 Å². The second kappa shape index (κ2) is 12.3. The lowest BCUT2D eigenvalue weighted by Crippen LogP contribution is -1.95. The van der Waals surface area contributed by atoms with E-state index in [0.717, 1.165) is 33.3 Å². The fourth-order valence-corrected chi connectivity index (χ4v) is 9.77. The summed E-state index contributed by atoms with van der Waals surface area (Å²) in [5.74, 6) is 0. The summed E-state index contributed by atoms with van der Waals surface area (Å²) in [6.07, 6.45) is 0. The summed E-state index contributed by atoms with van der Waals surface area (Å²) in [5, 5.41) is 12.1. The number of aromatic nitrogens is 2. The van der Waals surface area contributed by atoms with E-state index >= 15 is 0 Å². The van der Waals surface area contributed by atoms with Gasteiger partial charge in [-0.1, -0.05) is 140 Å². The molecule has 0 unspecified atom stereocenters. The molecule has 274 valence electrons. The molecule has 0 atom stereocenters. The number of rotatable bonds is 4. The van der Waals surface area contributed by atoms with Gasteiger partial charge in [-0.3, -0.25) is 0 Å². The lowest BCUT2D eigenvalue weighted by Gasteiger charge is -2.12. The van der Waals surface area contributed by atoms with Crippen LogP contribution in [0.2, 0.25) is 0 Å². The van der Waals surface area contributed by atoms with Gasteiger partial charge in [-0.15, -0.1) is 0 Å². The van der Waals surface area contributed by atoms with E-state index in [9.17, 15) is 0 Å². The highest BCUT2D eigenvalue weighted by Gasteiger charge is 2.20. The Morgan fingerprint density at radius 3 is 1.80 bits per heavy atom. The van der Waals surface area contributed by atoms with Crippen LogP contribution in [-0.2, 0) is 0 Å². The number of nitrogens with zero attached hydrogens (tertiary/aromatic N) is 2. The van der Waals surface area contributed by atoms with E-state index in [0.29, 0.717) is 0 Å². The normalized spacial score (nSPS) is 12.1. The highest BCUT2D eigenvalue weighted by Crippen LogP contribution is 2.42. The molecule has 0 fully saturated rings. The third kappa shape index (κ3) is 4.76. The van der Waals surface area contributed by atoms with Crippen LogP contribution in [0, 0.1) is 0 Å². The Labute approximate surface area is 339 Å². The van der Waals surface area contributed by atoms with Gasteiger partial charge in [0.1, 0.15) is 11.2 Å². The highest BCUT2D eigenvalue weighted by molar-refractivity contribution is 6.20. The summed E-state index contributed by atoms with van der Waals surface area (Å²) >= 11 is 0. The zero-order valence-corrected chi connectivity index (χ0v) is 31.9. The van der Waals surface area contributed by atoms with E-state index in [1.807, 2.05) is 6.07 Å². The fourth-order valence-electron chi connectivity index (χ4n) is 9.77. The summed E-state index contributed by atoms with van der Waals surface area (Å²) in [4.78, 5) is 0. The summed E-state index contributed by atoms with van der Waals surface area (Å²) < 4.78 is 11.2. The van der Waals surface area contributed by atoms with E-state index in [1.165, 1.54) is 87.4 Å². The molecule has 13 aromatic rings. The van der Waals surface area contributed by atoms with Crippen molar-refractivity contribution in [2.45, 2.75) is 0 Å². The largest absolute Gasteiger partial charge is 0.456 e. The number of hydrogen-bond acceptors (Lipinski definition) is 1. The van der Waals surface area contributed by atoms with E-state index in [-0.39, 0.29) is 0 Å². The molecule has 0 saturated carbocycles. The zero-order valence-electron chi connectivity index (χ0n) is 31.9. The molecular weight excluding hydrogens is 717 g/mol. The molecule has 3 aromatic heterocycles. The van der Waals surface area contributed by atoms with Crippen molar-refractivity contribution in [1.29, 1.82) is 0 Å². The van der Waals surface area contributed by atoms with Gasteiger partial charge in [0.05, 0.1) is 33.1 Å². The molecular formula is C56H34N2O. The number of furan rings is 1. The van der Waals surface area contributed by atoms with Crippen LogP contribution >= 0.6 is 0 Å². The molecule has 0 spiro atoms. The van der Waals surface area contributed by atoms with Gasteiger partial charge in [0, 0.05) is 38.0 Å². The average molecular weight is 751 g/mol. The van der Waals surface area contributed by atoms with E-state index < -0.39 is 0 Å². The Morgan fingerprint density at radius 2 is 0.932 bits per heavy atom. The molecule has 13 rings (SSSR count). The third-order valence-corrected chi connectivity index (χ3v) is 12.5. The molecule has 0 radical (unpaired) electrons. The first-order chi connectivity index (χ1) is 29.2. The van der Waals surface area contributed by atoms with Crippen molar-refractivity contribution in [3.05, 3.63) is 206 Å². The summed E-state index contributed by atoms with van der Waals surface area (Å²) in [7, 11) is 0. The minimum absolute atomic E-state index is 0.895. The molecule has 0 aliphatic carbocycles. The van der Waals surface area contributed by atoms with Gasteiger partial charge in [-0.05, 0) is 105 Å². The van der Waals surface area contributed by atoms with Crippen molar-refractivity contribution in [3.8, 4) is 33.6 Å². The van der Waals surface area contributed by atoms with Gasteiger partial charge in [-0.2, -0.15) is 0 Å². The highest BCUT2D eigenvalue weighted by atomic mass is 16.3. The quantitative estimate of drug-likeness (QED) is 0.176. The van der Waals surface area contributed by atoms with Crippen LogP contribution in [0.4, 0.5) is 0 Å². The van der Waals surface area contributed by atoms with Crippen molar-refractivity contribution in [3.63, 3.8) is 0 Å². The number of benzene rings is 10. The summed E-state index contributed by atoms with van der Waals surface area (Å²) in [5.41, 5.74) is 13.7. The molecule has 3 heterocycles. The van der Waals surface area contributed by atoms with Crippen LogP contribution in [0.15, 0.2) is 211 Å². The Bertz CT molecular complexity index is 3840. The number of para-hydroxylation sites is 2. The second-order valence-electron chi connectivity index (χ2n) is 15.7. The van der Waals surface area contributed by atoms with Crippen LogP contribution in [0.3, 0.4) is 0 Å². The van der Waals surface area contributed by atoms with Crippen LogP contribution in [0.5, 0.6) is 0 Å². The zero-order chi connectivity index (χ0) is 38.6. The van der Waals surface area contributed by atoms with Gasteiger partial charge in [0.25, 0.3) is 0 Å². The maximum atomic E-state index is 6.34.